The molecule has 0 radical (unpaired) electrons. The maximum atomic E-state index is 11.1. The van der Waals surface area contributed by atoms with E-state index in [1.165, 1.54) is 12.8 Å². The largest absolute Gasteiger partial charge is 0.366 e. The Balaban J connectivity index is 2.29. The van der Waals surface area contributed by atoms with Crippen LogP contribution < -0.4 is 4.90 Å². The Hall–Kier alpha value is -1.10. The van der Waals surface area contributed by atoms with Crippen LogP contribution in [-0.2, 0) is 0 Å². The SMILES string of the molecule is CCCN(CC1CC1)c1ccc(Br)cc1[N+](=O)[O-]. The van der Waals surface area contributed by atoms with Crippen molar-refractivity contribution in [2.24, 2.45) is 5.92 Å². The highest BCUT2D eigenvalue weighted by Gasteiger charge is 2.27. The molecule has 1 aromatic rings. The van der Waals surface area contributed by atoms with Crippen molar-refractivity contribution in [3.05, 3.63) is 32.8 Å². The van der Waals surface area contributed by atoms with Crippen molar-refractivity contribution in [2.75, 3.05) is 18.0 Å². The van der Waals surface area contributed by atoms with E-state index in [9.17, 15) is 10.1 Å². The summed E-state index contributed by atoms with van der Waals surface area (Å²) in [5.74, 6) is 0.722. The number of rotatable bonds is 6. The zero-order valence-electron chi connectivity index (χ0n) is 10.4. The number of hydrogen-bond acceptors (Lipinski definition) is 3. The van der Waals surface area contributed by atoms with Crippen molar-refractivity contribution in [2.45, 2.75) is 26.2 Å². The molecule has 1 saturated carbocycles. The van der Waals surface area contributed by atoms with Crippen molar-refractivity contribution in [3.8, 4) is 0 Å². The molecule has 0 saturated heterocycles. The predicted octanol–water partition coefficient (Wildman–Crippen LogP) is 3.98. The lowest BCUT2D eigenvalue weighted by Gasteiger charge is -2.24. The standard InChI is InChI=1S/C13H17BrN2O2/c1-2-7-15(9-10-3-4-10)12-6-5-11(14)8-13(12)16(17)18/h5-6,8,10H,2-4,7,9H2,1H3. The Labute approximate surface area is 115 Å². The van der Waals surface area contributed by atoms with E-state index in [0.29, 0.717) is 0 Å². The van der Waals surface area contributed by atoms with E-state index in [4.69, 9.17) is 0 Å². The van der Waals surface area contributed by atoms with Crippen molar-refractivity contribution < 1.29 is 4.92 Å². The van der Waals surface area contributed by atoms with Gasteiger partial charge in [0.25, 0.3) is 5.69 Å². The maximum absolute atomic E-state index is 11.1. The highest BCUT2D eigenvalue weighted by atomic mass is 79.9. The van der Waals surface area contributed by atoms with Gasteiger partial charge in [-0.3, -0.25) is 10.1 Å². The summed E-state index contributed by atoms with van der Waals surface area (Å²) in [5, 5.41) is 11.1. The maximum Gasteiger partial charge on any atom is 0.293 e. The van der Waals surface area contributed by atoms with E-state index in [-0.39, 0.29) is 10.6 Å². The van der Waals surface area contributed by atoms with Gasteiger partial charge in [0.15, 0.2) is 0 Å². The van der Waals surface area contributed by atoms with Crippen LogP contribution in [0.2, 0.25) is 0 Å². The van der Waals surface area contributed by atoms with Gasteiger partial charge in [-0.2, -0.15) is 0 Å². The van der Waals surface area contributed by atoms with E-state index in [1.54, 1.807) is 6.07 Å². The molecule has 1 aromatic carbocycles. The third kappa shape index (κ3) is 3.22. The van der Waals surface area contributed by atoms with Crippen molar-refractivity contribution >= 4 is 27.3 Å². The molecule has 5 heteroatoms. The third-order valence-electron chi connectivity index (χ3n) is 3.14. The van der Waals surface area contributed by atoms with Crippen molar-refractivity contribution in [1.29, 1.82) is 0 Å². The lowest BCUT2D eigenvalue weighted by molar-refractivity contribution is -0.384. The summed E-state index contributed by atoms with van der Waals surface area (Å²) >= 11 is 3.29. The Morgan fingerprint density at radius 2 is 2.22 bits per heavy atom. The Morgan fingerprint density at radius 3 is 2.78 bits per heavy atom. The average Bonchev–Trinajstić information content (AvgIpc) is 3.12. The summed E-state index contributed by atoms with van der Waals surface area (Å²) in [5.41, 5.74) is 0.940. The van der Waals surface area contributed by atoms with E-state index in [1.807, 2.05) is 12.1 Å². The van der Waals surface area contributed by atoms with Crippen LogP contribution in [0, 0.1) is 16.0 Å². The molecule has 0 unspecified atom stereocenters. The smallest absolute Gasteiger partial charge is 0.293 e. The molecule has 0 aliphatic heterocycles. The van der Waals surface area contributed by atoms with Gasteiger partial charge in [0.05, 0.1) is 4.92 Å². The zero-order valence-corrected chi connectivity index (χ0v) is 12.0. The minimum atomic E-state index is -0.296. The highest BCUT2D eigenvalue weighted by molar-refractivity contribution is 9.10. The lowest BCUT2D eigenvalue weighted by Crippen LogP contribution is -2.27. The second-order valence-corrected chi connectivity index (χ2v) is 5.70. The molecule has 0 amide bonds. The van der Waals surface area contributed by atoms with Gasteiger partial charge >= 0.3 is 0 Å². The third-order valence-corrected chi connectivity index (χ3v) is 3.64. The number of benzene rings is 1. The number of anilines is 1. The first-order valence-corrected chi connectivity index (χ1v) is 7.10. The molecule has 0 aromatic heterocycles. The molecule has 0 N–H and O–H groups in total. The van der Waals surface area contributed by atoms with Crippen LogP contribution >= 0.6 is 15.9 Å². The van der Waals surface area contributed by atoms with Gasteiger partial charge < -0.3 is 4.90 Å². The fourth-order valence-corrected chi connectivity index (χ4v) is 2.45. The number of hydrogen-bond donors (Lipinski definition) is 0. The minimum Gasteiger partial charge on any atom is -0.366 e. The monoisotopic (exact) mass is 312 g/mol. The molecular weight excluding hydrogens is 296 g/mol. The topological polar surface area (TPSA) is 46.4 Å². The first kappa shape index (κ1) is 13.3. The Bertz CT molecular complexity index is 447. The van der Waals surface area contributed by atoms with Gasteiger partial charge in [-0.05, 0) is 37.3 Å². The van der Waals surface area contributed by atoms with Crippen LogP contribution in [-0.4, -0.2) is 18.0 Å². The fraction of sp³-hybridized carbons (Fsp3) is 0.538. The fourth-order valence-electron chi connectivity index (χ4n) is 2.10. The zero-order chi connectivity index (χ0) is 13.1. The van der Waals surface area contributed by atoms with Crippen molar-refractivity contribution in [3.63, 3.8) is 0 Å². The number of nitro groups is 1. The molecule has 0 spiro atoms. The van der Waals surface area contributed by atoms with E-state index in [2.05, 4.69) is 27.8 Å². The van der Waals surface area contributed by atoms with Gasteiger partial charge in [0.1, 0.15) is 5.69 Å². The molecule has 18 heavy (non-hydrogen) atoms. The van der Waals surface area contributed by atoms with Gasteiger partial charge in [-0.25, -0.2) is 0 Å². The first-order valence-electron chi connectivity index (χ1n) is 6.30. The quantitative estimate of drug-likeness (QED) is 0.589. The lowest BCUT2D eigenvalue weighted by atomic mass is 10.2. The van der Waals surface area contributed by atoms with Crippen LogP contribution in [0.15, 0.2) is 22.7 Å². The van der Waals surface area contributed by atoms with Gasteiger partial charge in [-0.15, -0.1) is 0 Å². The first-order chi connectivity index (χ1) is 8.61. The van der Waals surface area contributed by atoms with Gasteiger partial charge in [0.2, 0.25) is 0 Å². The number of halogens is 1. The highest BCUT2D eigenvalue weighted by Crippen LogP contribution is 2.36. The molecule has 0 bridgehead atoms. The molecule has 2 rings (SSSR count). The van der Waals surface area contributed by atoms with Gasteiger partial charge in [0, 0.05) is 23.6 Å². The van der Waals surface area contributed by atoms with E-state index in [0.717, 1.165) is 35.6 Å². The van der Waals surface area contributed by atoms with E-state index >= 15 is 0 Å². The Morgan fingerprint density at radius 1 is 1.50 bits per heavy atom. The summed E-state index contributed by atoms with van der Waals surface area (Å²) in [6, 6.07) is 5.31. The second-order valence-electron chi connectivity index (χ2n) is 4.78. The van der Waals surface area contributed by atoms with E-state index < -0.39 is 0 Å². The minimum absolute atomic E-state index is 0.193. The molecule has 4 nitrogen and oxygen atoms in total. The average molecular weight is 313 g/mol. The van der Waals surface area contributed by atoms with Crippen molar-refractivity contribution in [1.82, 2.24) is 0 Å². The van der Waals surface area contributed by atoms with Crippen LogP contribution in [0.1, 0.15) is 26.2 Å². The molecule has 98 valence electrons. The van der Waals surface area contributed by atoms with Gasteiger partial charge in [-0.1, -0.05) is 22.9 Å². The van der Waals surface area contributed by atoms with Crippen LogP contribution in [0.4, 0.5) is 11.4 Å². The number of nitro benzene ring substituents is 1. The van der Waals surface area contributed by atoms with Crippen LogP contribution in [0.3, 0.4) is 0 Å². The molecule has 1 aliphatic carbocycles. The summed E-state index contributed by atoms with van der Waals surface area (Å²) in [7, 11) is 0. The molecule has 0 atom stereocenters. The van der Waals surface area contributed by atoms with Crippen LogP contribution in [0.25, 0.3) is 0 Å². The summed E-state index contributed by atoms with van der Waals surface area (Å²) in [6.07, 6.45) is 3.51. The Kier molecular flexibility index (Phi) is 4.22. The summed E-state index contributed by atoms with van der Waals surface area (Å²) in [4.78, 5) is 13.0. The summed E-state index contributed by atoms with van der Waals surface area (Å²) < 4.78 is 0.751. The summed E-state index contributed by atoms with van der Waals surface area (Å²) in [6.45, 7) is 3.92. The predicted molar refractivity (Wildman–Crippen MR) is 76.0 cm³/mol. The normalized spacial score (nSPS) is 14.6. The molecular formula is C13H17BrN2O2. The molecule has 1 aliphatic rings. The molecule has 0 heterocycles. The second kappa shape index (κ2) is 5.69. The number of nitrogens with zero attached hydrogens (tertiary/aromatic N) is 2. The van der Waals surface area contributed by atoms with Crippen LogP contribution in [0.5, 0.6) is 0 Å². The molecule has 1 fully saturated rings.